The quantitative estimate of drug-likeness (QED) is 0.417. The van der Waals surface area contributed by atoms with Crippen molar-refractivity contribution in [3.8, 4) is 0 Å². The fraction of sp³-hybridized carbons (Fsp3) is 0.312. The molecule has 0 saturated heterocycles. The zero-order valence-electron chi connectivity index (χ0n) is 14.4. The summed E-state index contributed by atoms with van der Waals surface area (Å²) in [6.07, 6.45) is -1.56. The largest absolute Gasteiger partial charge is 0.450 e. The van der Waals surface area contributed by atoms with Crippen molar-refractivity contribution in [2.75, 3.05) is 13.2 Å². The molecule has 0 aliphatic rings. The van der Waals surface area contributed by atoms with Gasteiger partial charge in [0.25, 0.3) is 0 Å². The molecular formula is C16H20N4O6. The van der Waals surface area contributed by atoms with Gasteiger partial charge in [0, 0.05) is 10.9 Å². The van der Waals surface area contributed by atoms with E-state index in [1.54, 1.807) is 38.1 Å². The van der Waals surface area contributed by atoms with Crippen LogP contribution in [0.5, 0.6) is 0 Å². The molecule has 0 spiro atoms. The van der Waals surface area contributed by atoms with E-state index in [0.717, 1.165) is 5.01 Å². The van der Waals surface area contributed by atoms with Crippen LogP contribution in [0.2, 0.25) is 0 Å². The van der Waals surface area contributed by atoms with Crippen molar-refractivity contribution in [1.82, 2.24) is 15.9 Å². The Kier molecular flexibility index (Phi) is 6.39. The van der Waals surface area contributed by atoms with Crippen LogP contribution in [-0.4, -0.2) is 36.3 Å². The Morgan fingerprint density at radius 3 is 2.50 bits per heavy atom. The third-order valence-corrected chi connectivity index (χ3v) is 3.29. The van der Waals surface area contributed by atoms with Crippen molar-refractivity contribution in [3.05, 3.63) is 35.6 Å². The topological polar surface area (TPSA) is 136 Å². The maximum atomic E-state index is 12.4. The Morgan fingerprint density at radius 1 is 1.12 bits per heavy atom. The Bertz CT molecular complexity index is 803. The van der Waals surface area contributed by atoms with Crippen molar-refractivity contribution >= 4 is 29.1 Å². The van der Waals surface area contributed by atoms with Crippen molar-refractivity contribution < 1.29 is 28.3 Å². The van der Waals surface area contributed by atoms with Gasteiger partial charge in [-0.15, -0.1) is 0 Å². The molecule has 0 atom stereocenters. The van der Waals surface area contributed by atoms with E-state index in [9.17, 15) is 14.4 Å². The summed E-state index contributed by atoms with van der Waals surface area (Å²) in [6.45, 7) is 3.47. The second-order valence-electron chi connectivity index (χ2n) is 5.03. The molecular weight excluding hydrogens is 344 g/mol. The number of nitrogens with zero attached hydrogens (tertiary/aromatic N) is 1. The molecule has 1 aromatic carbocycles. The van der Waals surface area contributed by atoms with Crippen LogP contribution in [0.3, 0.4) is 0 Å². The standard InChI is InChI=1S/C16H20N4O6/c1-3-24-15(22)19-18-14(21)13-11(9-20(17)16(23)25-4-2)10-7-5-6-8-12(10)26-13/h5-8H,3-4,9,17H2,1-2H3,(H,18,21)(H,19,22). The Balaban J connectivity index is 2.26. The number of hydrazine groups is 2. The number of carbonyl (C=O) groups excluding carboxylic acids is 3. The van der Waals surface area contributed by atoms with Gasteiger partial charge in [0.1, 0.15) is 5.58 Å². The highest BCUT2D eigenvalue weighted by Gasteiger charge is 2.24. The lowest BCUT2D eigenvalue weighted by Crippen LogP contribution is -2.42. The molecule has 0 bridgehead atoms. The molecule has 0 saturated carbocycles. The van der Waals surface area contributed by atoms with Gasteiger partial charge in [-0.3, -0.25) is 10.2 Å². The van der Waals surface area contributed by atoms with Gasteiger partial charge in [0.05, 0.1) is 19.8 Å². The number of carbonyl (C=O) groups is 3. The van der Waals surface area contributed by atoms with Crippen LogP contribution in [0.25, 0.3) is 11.0 Å². The minimum atomic E-state index is -0.814. The molecule has 10 heteroatoms. The van der Waals surface area contributed by atoms with Crippen LogP contribution >= 0.6 is 0 Å². The number of benzene rings is 1. The summed E-state index contributed by atoms with van der Waals surface area (Å²) in [5.41, 5.74) is 5.08. The number of rotatable bonds is 5. The van der Waals surface area contributed by atoms with Gasteiger partial charge >= 0.3 is 18.1 Å². The molecule has 140 valence electrons. The lowest BCUT2D eigenvalue weighted by atomic mass is 10.1. The van der Waals surface area contributed by atoms with Gasteiger partial charge in [-0.1, -0.05) is 18.2 Å². The number of nitrogens with one attached hydrogen (secondary N) is 2. The van der Waals surface area contributed by atoms with Gasteiger partial charge in [-0.2, -0.15) is 0 Å². The highest BCUT2D eigenvalue weighted by atomic mass is 16.6. The molecule has 1 aromatic heterocycles. The number of para-hydroxylation sites is 1. The minimum Gasteiger partial charge on any atom is -0.450 e. The predicted octanol–water partition coefficient (Wildman–Crippen LogP) is 1.66. The molecule has 1 heterocycles. The molecule has 0 aliphatic heterocycles. The van der Waals surface area contributed by atoms with Crippen molar-refractivity contribution in [2.45, 2.75) is 20.4 Å². The molecule has 2 rings (SSSR count). The first-order valence-electron chi connectivity index (χ1n) is 7.90. The molecule has 2 aromatic rings. The van der Waals surface area contributed by atoms with Crippen LogP contribution in [-0.2, 0) is 16.0 Å². The fourth-order valence-corrected chi connectivity index (χ4v) is 2.21. The van der Waals surface area contributed by atoms with E-state index in [1.807, 2.05) is 0 Å². The van der Waals surface area contributed by atoms with Gasteiger partial charge in [-0.05, 0) is 19.9 Å². The molecule has 4 N–H and O–H groups in total. The van der Waals surface area contributed by atoms with Gasteiger partial charge in [0.15, 0.2) is 5.76 Å². The first-order chi connectivity index (χ1) is 12.5. The highest BCUT2D eigenvalue weighted by molar-refractivity contribution is 5.99. The van der Waals surface area contributed by atoms with Crippen molar-refractivity contribution in [2.24, 2.45) is 5.84 Å². The van der Waals surface area contributed by atoms with E-state index in [4.69, 9.17) is 15.0 Å². The molecule has 10 nitrogen and oxygen atoms in total. The predicted molar refractivity (Wildman–Crippen MR) is 90.6 cm³/mol. The van der Waals surface area contributed by atoms with Crippen LogP contribution in [0.1, 0.15) is 30.0 Å². The van der Waals surface area contributed by atoms with Crippen LogP contribution in [0.15, 0.2) is 28.7 Å². The number of furan rings is 1. The zero-order valence-corrected chi connectivity index (χ0v) is 14.4. The highest BCUT2D eigenvalue weighted by Crippen LogP contribution is 2.26. The van der Waals surface area contributed by atoms with Gasteiger partial charge in [0.2, 0.25) is 0 Å². The number of nitrogens with two attached hydrogens (primary N) is 1. The maximum Gasteiger partial charge on any atom is 0.426 e. The maximum absolute atomic E-state index is 12.4. The van der Waals surface area contributed by atoms with Crippen LogP contribution in [0.4, 0.5) is 9.59 Å². The van der Waals surface area contributed by atoms with Gasteiger partial charge < -0.3 is 13.9 Å². The number of hydrogen-bond acceptors (Lipinski definition) is 7. The molecule has 0 radical (unpaired) electrons. The van der Waals surface area contributed by atoms with E-state index < -0.39 is 18.1 Å². The normalized spacial score (nSPS) is 10.3. The van der Waals surface area contributed by atoms with Crippen molar-refractivity contribution in [3.63, 3.8) is 0 Å². The Labute approximate surface area is 149 Å². The summed E-state index contributed by atoms with van der Waals surface area (Å²) in [7, 11) is 0. The van der Waals surface area contributed by atoms with Gasteiger partial charge in [-0.25, -0.2) is 25.9 Å². The number of hydrogen-bond donors (Lipinski definition) is 3. The summed E-state index contributed by atoms with van der Waals surface area (Å²) >= 11 is 0. The Morgan fingerprint density at radius 2 is 1.81 bits per heavy atom. The third kappa shape index (κ3) is 4.42. The van der Waals surface area contributed by atoms with E-state index in [1.165, 1.54) is 0 Å². The molecule has 0 unspecified atom stereocenters. The lowest BCUT2D eigenvalue weighted by molar-refractivity contribution is 0.0879. The monoisotopic (exact) mass is 364 g/mol. The number of ether oxygens (including phenoxy) is 2. The molecule has 26 heavy (non-hydrogen) atoms. The summed E-state index contributed by atoms with van der Waals surface area (Å²) in [5, 5.41) is 1.43. The zero-order chi connectivity index (χ0) is 19.1. The minimum absolute atomic E-state index is 0.0947. The molecule has 0 fully saturated rings. The number of fused-ring (bicyclic) bond motifs is 1. The van der Waals surface area contributed by atoms with E-state index >= 15 is 0 Å². The first-order valence-corrected chi connectivity index (χ1v) is 7.90. The van der Waals surface area contributed by atoms with E-state index in [0.29, 0.717) is 16.5 Å². The van der Waals surface area contributed by atoms with Crippen LogP contribution in [0, 0.1) is 0 Å². The van der Waals surface area contributed by atoms with Crippen LogP contribution < -0.4 is 16.7 Å². The van der Waals surface area contributed by atoms with E-state index in [2.05, 4.69) is 15.6 Å². The molecule has 0 aliphatic carbocycles. The fourth-order valence-electron chi connectivity index (χ4n) is 2.21. The summed E-state index contributed by atoms with van der Waals surface area (Å²) in [4.78, 5) is 35.4. The second kappa shape index (κ2) is 8.72. The summed E-state index contributed by atoms with van der Waals surface area (Å²) in [5.74, 6) is 4.90. The summed E-state index contributed by atoms with van der Waals surface area (Å²) < 4.78 is 15.0. The van der Waals surface area contributed by atoms with Crippen molar-refractivity contribution in [1.29, 1.82) is 0 Å². The first kappa shape index (κ1) is 19.1. The lowest BCUT2D eigenvalue weighted by Gasteiger charge is -2.16. The number of amides is 3. The smallest absolute Gasteiger partial charge is 0.426 e. The summed E-state index contributed by atoms with van der Waals surface area (Å²) in [6, 6.07) is 6.88. The average Bonchev–Trinajstić information content (AvgIpc) is 2.99. The SMILES string of the molecule is CCOC(=O)NNC(=O)c1oc2ccccc2c1CN(N)C(=O)OCC. The third-order valence-electron chi connectivity index (χ3n) is 3.29. The van der Waals surface area contributed by atoms with E-state index in [-0.39, 0.29) is 25.5 Å². The second-order valence-corrected chi connectivity index (χ2v) is 5.03. The Hall–Kier alpha value is -3.27. The molecule has 3 amide bonds. The average molecular weight is 364 g/mol.